The van der Waals surface area contributed by atoms with Crippen LogP contribution in [0.5, 0.6) is 0 Å². The standard InChI is InChI=1S/C12H26O4/c1-6-13-10-11(5)12(14-7-2,15-8-3)16-9-4/h11H,6-10H2,1-5H3. The molecule has 0 aliphatic carbocycles. The van der Waals surface area contributed by atoms with Crippen molar-refractivity contribution in [3.8, 4) is 0 Å². The lowest BCUT2D eigenvalue weighted by Gasteiger charge is -2.37. The van der Waals surface area contributed by atoms with E-state index in [4.69, 9.17) is 18.9 Å². The van der Waals surface area contributed by atoms with Crippen molar-refractivity contribution < 1.29 is 18.9 Å². The SMILES string of the molecule is CCOCC(C)C(OCC)(OCC)OCC. The first kappa shape index (κ1) is 15.8. The molecule has 0 aliphatic heterocycles. The summed E-state index contributed by atoms with van der Waals surface area (Å²) in [5.41, 5.74) is 0. The summed E-state index contributed by atoms with van der Waals surface area (Å²) in [5.74, 6) is -0.930. The number of rotatable bonds is 10. The highest BCUT2D eigenvalue weighted by Gasteiger charge is 2.39. The van der Waals surface area contributed by atoms with Gasteiger partial charge in [-0.2, -0.15) is 0 Å². The fourth-order valence-electron chi connectivity index (χ4n) is 1.55. The molecule has 0 saturated heterocycles. The zero-order valence-corrected chi connectivity index (χ0v) is 11.2. The zero-order valence-electron chi connectivity index (χ0n) is 11.2. The lowest BCUT2D eigenvalue weighted by Crippen LogP contribution is -2.47. The van der Waals surface area contributed by atoms with Crippen molar-refractivity contribution in [3.05, 3.63) is 0 Å². The molecule has 0 spiro atoms. The van der Waals surface area contributed by atoms with E-state index >= 15 is 0 Å². The Kier molecular flexibility index (Phi) is 8.84. The van der Waals surface area contributed by atoms with Crippen LogP contribution >= 0.6 is 0 Å². The van der Waals surface area contributed by atoms with Crippen molar-refractivity contribution in [2.45, 2.75) is 40.6 Å². The van der Waals surface area contributed by atoms with Gasteiger partial charge in [0.1, 0.15) is 0 Å². The molecule has 0 saturated carbocycles. The van der Waals surface area contributed by atoms with Gasteiger partial charge in [0.2, 0.25) is 0 Å². The summed E-state index contributed by atoms with van der Waals surface area (Å²) in [6.07, 6.45) is 0. The van der Waals surface area contributed by atoms with E-state index in [0.29, 0.717) is 33.0 Å². The van der Waals surface area contributed by atoms with Crippen molar-refractivity contribution in [2.75, 3.05) is 33.0 Å². The molecule has 4 nitrogen and oxygen atoms in total. The minimum atomic E-state index is -0.965. The first-order valence-corrected chi connectivity index (χ1v) is 6.16. The number of ether oxygens (including phenoxy) is 4. The van der Waals surface area contributed by atoms with Gasteiger partial charge in [0.05, 0.1) is 12.5 Å². The second-order valence-electron chi connectivity index (χ2n) is 3.46. The quantitative estimate of drug-likeness (QED) is 0.544. The maximum absolute atomic E-state index is 5.64. The van der Waals surface area contributed by atoms with Gasteiger partial charge in [-0.3, -0.25) is 0 Å². The Morgan fingerprint density at radius 3 is 1.56 bits per heavy atom. The summed E-state index contributed by atoms with van der Waals surface area (Å²) in [6, 6.07) is 0. The molecule has 0 aromatic carbocycles. The molecule has 0 N–H and O–H groups in total. The highest BCUT2D eigenvalue weighted by atomic mass is 16.9. The summed E-state index contributed by atoms with van der Waals surface area (Å²) in [7, 11) is 0. The maximum atomic E-state index is 5.64. The minimum Gasteiger partial charge on any atom is -0.381 e. The fourth-order valence-corrected chi connectivity index (χ4v) is 1.55. The van der Waals surface area contributed by atoms with Crippen LogP contribution in [-0.2, 0) is 18.9 Å². The molecular weight excluding hydrogens is 208 g/mol. The third-order valence-corrected chi connectivity index (χ3v) is 2.21. The molecule has 1 atom stereocenters. The maximum Gasteiger partial charge on any atom is 0.287 e. The zero-order chi connectivity index (χ0) is 12.4. The van der Waals surface area contributed by atoms with Gasteiger partial charge in [-0.25, -0.2) is 0 Å². The highest BCUT2D eigenvalue weighted by Crippen LogP contribution is 2.26. The first-order valence-electron chi connectivity index (χ1n) is 6.16. The molecule has 1 unspecified atom stereocenters. The first-order chi connectivity index (χ1) is 7.66. The molecule has 0 heterocycles. The lowest BCUT2D eigenvalue weighted by molar-refractivity contribution is -0.402. The van der Waals surface area contributed by atoms with Gasteiger partial charge in [-0.1, -0.05) is 6.92 Å². The van der Waals surface area contributed by atoms with E-state index in [1.54, 1.807) is 0 Å². The second kappa shape index (κ2) is 8.93. The predicted octanol–water partition coefficient (Wildman–Crippen LogP) is 2.42. The Labute approximate surface area is 99.2 Å². The Morgan fingerprint density at radius 2 is 1.25 bits per heavy atom. The average Bonchev–Trinajstić information content (AvgIpc) is 2.26. The lowest BCUT2D eigenvalue weighted by atomic mass is 10.1. The van der Waals surface area contributed by atoms with E-state index in [1.807, 2.05) is 34.6 Å². The smallest absolute Gasteiger partial charge is 0.287 e. The summed E-state index contributed by atoms with van der Waals surface area (Å²) >= 11 is 0. The Balaban J connectivity index is 4.54. The van der Waals surface area contributed by atoms with E-state index in [0.717, 1.165) is 0 Å². The molecule has 98 valence electrons. The van der Waals surface area contributed by atoms with Crippen LogP contribution in [0.2, 0.25) is 0 Å². The molecule has 0 aromatic heterocycles. The fraction of sp³-hybridized carbons (Fsp3) is 1.00. The van der Waals surface area contributed by atoms with Crippen molar-refractivity contribution in [2.24, 2.45) is 5.92 Å². The topological polar surface area (TPSA) is 36.9 Å². The molecule has 0 radical (unpaired) electrons. The van der Waals surface area contributed by atoms with Gasteiger partial charge in [0, 0.05) is 26.4 Å². The third kappa shape index (κ3) is 4.78. The van der Waals surface area contributed by atoms with E-state index in [9.17, 15) is 0 Å². The van der Waals surface area contributed by atoms with Gasteiger partial charge < -0.3 is 18.9 Å². The van der Waals surface area contributed by atoms with Crippen LogP contribution in [0.15, 0.2) is 0 Å². The molecule has 0 bridgehead atoms. The predicted molar refractivity (Wildman–Crippen MR) is 63.3 cm³/mol. The monoisotopic (exact) mass is 234 g/mol. The summed E-state index contributed by atoms with van der Waals surface area (Å²) in [4.78, 5) is 0. The molecule has 0 amide bonds. The molecule has 4 heteroatoms. The van der Waals surface area contributed by atoms with Gasteiger partial charge in [0.25, 0.3) is 5.97 Å². The van der Waals surface area contributed by atoms with E-state index in [2.05, 4.69) is 0 Å². The van der Waals surface area contributed by atoms with Crippen molar-refractivity contribution in [1.82, 2.24) is 0 Å². The molecule has 0 aliphatic rings. The summed E-state index contributed by atoms with van der Waals surface area (Å²) in [6.45, 7) is 12.7. The van der Waals surface area contributed by atoms with Crippen LogP contribution in [0.4, 0.5) is 0 Å². The normalized spacial score (nSPS) is 14.1. The molecule has 0 fully saturated rings. The van der Waals surface area contributed by atoms with Crippen LogP contribution in [0.25, 0.3) is 0 Å². The highest BCUT2D eigenvalue weighted by molar-refractivity contribution is 4.67. The minimum absolute atomic E-state index is 0.0345. The molecular formula is C12H26O4. The van der Waals surface area contributed by atoms with E-state index in [-0.39, 0.29) is 5.92 Å². The molecule has 0 rings (SSSR count). The van der Waals surface area contributed by atoms with Gasteiger partial charge in [0.15, 0.2) is 0 Å². The van der Waals surface area contributed by atoms with Gasteiger partial charge in [-0.05, 0) is 27.7 Å². The summed E-state index contributed by atoms with van der Waals surface area (Å²) < 4.78 is 22.3. The van der Waals surface area contributed by atoms with Crippen LogP contribution < -0.4 is 0 Å². The Bertz CT molecular complexity index is 144. The third-order valence-electron chi connectivity index (χ3n) is 2.21. The average molecular weight is 234 g/mol. The van der Waals surface area contributed by atoms with Crippen LogP contribution in [0.1, 0.15) is 34.6 Å². The largest absolute Gasteiger partial charge is 0.381 e. The van der Waals surface area contributed by atoms with Crippen molar-refractivity contribution in [3.63, 3.8) is 0 Å². The van der Waals surface area contributed by atoms with Crippen molar-refractivity contribution >= 4 is 0 Å². The molecule has 16 heavy (non-hydrogen) atoms. The van der Waals surface area contributed by atoms with Crippen molar-refractivity contribution in [1.29, 1.82) is 0 Å². The molecule has 0 aromatic rings. The Morgan fingerprint density at radius 1 is 0.812 bits per heavy atom. The van der Waals surface area contributed by atoms with E-state index in [1.165, 1.54) is 0 Å². The summed E-state index contributed by atoms with van der Waals surface area (Å²) in [5, 5.41) is 0. The van der Waals surface area contributed by atoms with Gasteiger partial charge >= 0.3 is 0 Å². The van der Waals surface area contributed by atoms with Crippen LogP contribution in [-0.4, -0.2) is 39.0 Å². The van der Waals surface area contributed by atoms with Gasteiger partial charge in [-0.15, -0.1) is 0 Å². The number of hydrogen-bond donors (Lipinski definition) is 0. The van der Waals surface area contributed by atoms with E-state index < -0.39 is 5.97 Å². The Hall–Kier alpha value is -0.160. The van der Waals surface area contributed by atoms with Crippen LogP contribution in [0, 0.1) is 5.92 Å². The second-order valence-corrected chi connectivity index (χ2v) is 3.46. The van der Waals surface area contributed by atoms with Crippen LogP contribution in [0.3, 0.4) is 0 Å². The number of hydrogen-bond acceptors (Lipinski definition) is 4.